The smallest absolute Gasteiger partial charge is 0.417 e. The van der Waals surface area contributed by atoms with Crippen molar-refractivity contribution in [3.8, 4) is 0 Å². The third kappa shape index (κ3) is 6.28. The van der Waals surface area contributed by atoms with Gasteiger partial charge in [0.05, 0.1) is 11.1 Å². The summed E-state index contributed by atoms with van der Waals surface area (Å²) in [6.45, 7) is 4.84. The molecule has 0 aliphatic rings. The van der Waals surface area contributed by atoms with Crippen LogP contribution < -0.4 is 10.7 Å². The number of aryl methyl sites for hydroxylation is 2. The largest absolute Gasteiger partial charge is 0.428 e. The lowest BCUT2D eigenvalue weighted by molar-refractivity contribution is -0.151. The fraction of sp³-hybridized carbons (Fsp3) is 0.222. The highest BCUT2D eigenvalue weighted by atomic mass is 19.4. The molecule has 11 heteroatoms. The Labute approximate surface area is 216 Å². The maximum Gasteiger partial charge on any atom is 0.417 e. The monoisotopic (exact) mass is 531 g/mol. The zero-order valence-electron chi connectivity index (χ0n) is 20.9. The molecule has 0 aromatic heterocycles. The van der Waals surface area contributed by atoms with Gasteiger partial charge in [-0.25, -0.2) is 9.18 Å². The van der Waals surface area contributed by atoms with Crippen LogP contribution >= 0.6 is 0 Å². The molecule has 0 radical (unpaired) electrons. The van der Waals surface area contributed by atoms with Gasteiger partial charge in [-0.1, -0.05) is 42.0 Å². The highest BCUT2D eigenvalue weighted by molar-refractivity contribution is 5.98. The molecule has 3 amide bonds. The van der Waals surface area contributed by atoms with E-state index in [2.05, 4.69) is 10.7 Å². The number of carbonyl (C=O) groups excluding carboxylic acids is 3. The molecule has 200 valence electrons. The van der Waals surface area contributed by atoms with E-state index < -0.39 is 46.6 Å². The molecular formula is C27H25F4N3O4. The molecule has 0 aliphatic heterocycles. The number of hydrazine groups is 1. The van der Waals surface area contributed by atoms with E-state index in [0.717, 1.165) is 12.6 Å². The molecule has 0 saturated carbocycles. The first-order valence-corrected chi connectivity index (χ1v) is 11.3. The summed E-state index contributed by atoms with van der Waals surface area (Å²) < 4.78 is 59.2. The zero-order valence-corrected chi connectivity index (χ0v) is 20.9. The molecule has 1 unspecified atom stereocenters. The van der Waals surface area contributed by atoms with Crippen molar-refractivity contribution in [2.45, 2.75) is 32.5 Å². The summed E-state index contributed by atoms with van der Waals surface area (Å²) in [7, 11) is 1.09. The van der Waals surface area contributed by atoms with E-state index >= 15 is 0 Å². The molecular weight excluding hydrogens is 506 g/mol. The van der Waals surface area contributed by atoms with Crippen molar-refractivity contribution in [2.24, 2.45) is 0 Å². The van der Waals surface area contributed by atoms with Crippen LogP contribution in [0.25, 0.3) is 0 Å². The predicted molar refractivity (Wildman–Crippen MR) is 131 cm³/mol. The van der Waals surface area contributed by atoms with Crippen molar-refractivity contribution >= 4 is 23.6 Å². The second-order valence-corrected chi connectivity index (χ2v) is 8.72. The summed E-state index contributed by atoms with van der Waals surface area (Å²) >= 11 is 0. The van der Waals surface area contributed by atoms with Crippen molar-refractivity contribution in [3.63, 3.8) is 0 Å². The third-order valence-electron chi connectivity index (χ3n) is 5.77. The minimum absolute atomic E-state index is 0.187. The number of hydrogen-bond donors (Lipinski definition) is 2. The number of carbonyl (C=O) groups is 3. The Hall–Kier alpha value is -4.41. The van der Waals surface area contributed by atoms with Crippen LogP contribution in [0.1, 0.15) is 39.5 Å². The number of rotatable bonds is 5. The maximum atomic E-state index is 13.6. The lowest BCUT2D eigenvalue weighted by atomic mass is 9.90. The van der Waals surface area contributed by atoms with E-state index in [1.54, 1.807) is 55.5 Å². The third-order valence-corrected chi connectivity index (χ3v) is 5.77. The van der Waals surface area contributed by atoms with Crippen LogP contribution in [-0.4, -0.2) is 30.0 Å². The molecule has 3 aromatic rings. The van der Waals surface area contributed by atoms with E-state index in [1.807, 2.05) is 6.92 Å². The Balaban J connectivity index is 1.90. The number of hydrogen-bond acceptors (Lipinski definition) is 4. The van der Waals surface area contributed by atoms with Crippen LogP contribution in [0.5, 0.6) is 0 Å². The number of benzene rings is 3. The fourth-order valence-electron chi connectivity index (χ4n) is 3.82. The van der Waals surface area contributed by atoms with Gasteiger partial charge in [-0.15, -0.1) is 0 Å². The Morgan fingerprint density at radius 2 is 1.53 bits per heavy atom. The predicted octanol–water partition coefficient (Wildman–Crippen LogP) is 5.73. The molecule has 2 N–H and O–H groups in total. The first-order valence-electron chi connectivity index (χ1n) is 11.3. The molecule has 0 heterocycles. The van der Waals surface area contributed by atoms with E-state index in [1.165, 1.54) is 6.92 Å². The molecule has 3 rings (SSSR count). The minimum Gasteiger partial charge on any atom is -0.428 e. The quantitative estimate of drug-likeness (QED) is 0.325. The molecule has 0 bridgehead atoms. The molecule has 3 aromatic carbocycles. The highest BCUT2D eigenvalue weighted by Crippen LogP contribution is 2.33. The molecule has 0 fully saturated rings. The van der Waals surface area contributed by atoms with Crippen molar-refractivity contribution < 1.29 is 36.7 Å². The number of anilines is 1. The van der Waals surface area contributed by atoms with Crippen LogP contribution in [0.15, 0.2) is 66.7 Å². The van der Waals surface area contributed by atoms with Crippen molar-refractivity contribution in [2.75, 3.05) is 12.4 Å². The van der Waals surface area contributed by atoms with Gasteiger partial charge in [0.25, 0.3) is 11.8 Å². The number of nitrogens with zero attached hydrogens (tertiary/aromatic N) is 1. The SMILES string of the molecule is Cc1ccc(NC(=O)OC(C)(C(=O)N(C)NC(=O)c2ccc(F)cc2C(F)(F)F)c2ccccc2C)cc1. The van der Waals surface area contributed by atoms with Gasteiger partial charge in [-0.05, 0) is 56.7 Å². The van der Waals surface area contributed by atoms with E-state index in [9.17, 15) is 31.9 Å². The topological polar surface area (TPSA) is 87.7 Å². The number of likely N-dealkylation sites (N-methyl/N-ethyl adjacent to an activating group) is 1. The molecule has 7 nitrogen and oxygen atoms in total. The number of halogens is 4. The van der Waals surface area contributed by atoms with Crippen LogP contribution in [0.4, 0.5) is 28.0 Å². The van der Waals surface area contributed by atoms with Crippen LogP contribution in [-0.2, 0) is 21.3 Å². The second-order valence-electron chi connectivity index (χ2n) is 8.72. The van der Waals surface area contributed by atoms with Gasteiger partial charge in [-0.2, -0.15) is 13.2 Å². The highest BCUT2D eigenvalue weighted by Gasteiger charge is 2.44. The summed E-state index contributed by atoms with van der Waals surface area (Å²) in [5.41, 5.74) is -0.133. The fourth-order valence-corrected chi connectivity index (χ4v) is 3.82. The van der Waals surface area contributed by atoms with Gasteiger partial charge in [0, 0.05) is 18.3 Å². The Morgan fingerprint density at radius 3 is 2.13 bits per heavy atom. The van der Waals surface area contributed by atoms with Crippen LogP contribution in [0.3, 0.4) is 0 Å². The van der Waals surface area contributed by atoms with Gasteiger partial charge in [0.1, 0.15) is 5.82 Å². The van der Waals surface area contributed by atoms with Gasteiger partial charge in [0.15, 0.2) is 0 Å². The average Bonchev–Trinajstić information content (AvgIpc) is 2.84. The van der Waals surface area contributed by atoms with Gasteiger partial charge in [0.2, 0.25) is 5.60 Å². The Bertz CT molecular complexity index is 1360. The molecule has 0 saturated heterocycles. The summed E-state index contributed by atoms with van der Waals surface area (Å²) in [5, 5.41) is 3.15. The summed E-state index contributed by atoms with van der Waals surface area (Å²) in [5.74, 6) is -3.46. The summed E-state index contributed by atoms with van der Waals surface area (Å²) in [6, 6.07) is 14.9. The number of alkyl halides is 3. The molecule has 1 atom stereocenters. The van der Waals surface area contributed by atoms with Gasteiger partial charge in [-0.3, -0.25) is 25.3 Å². The van der Waals surface area contributed by atoms with E-state index in [0.29, 0.717) is 28.4 Å². The lowest BCUT2D eigenvalue weighted by Crippen LogP contribution is -2.53. The molecule has 0 spiro atoms. The second kappa shape index (κ2) is 10.9. The van der Waals surface area contributed by atoms with Crippen LogP contribution in [0.2, 0.25) is 0 Å². The van der Waals surface area contributed by atoms with Crippen molar-refractivity contribution in [1.82, 2.24) is 10.4 Å². The van der Waals surface area contributed by atoms with E-state index in [4.69, 9.17) is 4.74 Å². The zero-order chi connectivity index (χ0) is 28.3. The number of amides is 3. The standard InChI is InChI=1S/C27H25F4N3O4/c1-16-9-12-19(13-10-16)32-25(37)38-26(3,21-8-6-5-7-17(21)2)24(36)34(4)33-23(35)20-14-11-18(28)15-22(20)27(29,30)31/h5-15H,1-4H3,(H,32,37)(H,33,35). The Morgan fingerprint density at radius 1 is 0.895 bits per heavy atom. The first-order chi connectivity index (χ1) is 17.7. The first kappa shape index (κ1) is 28.2. The maximum absolute atomic E-state index is 13.6. The average molecular weight is 532 g/mol. The van der Waals surface area contributed by atoms with Crippen LogP contribution in [0, 0.1) is 19.7 Å². The summed E-state index contributed by atoms with van der Waals surface area (Å²) in [4.78, 5) is 39.1. The van der Waals surface area contributed by atoms with Gasteiger partial charge < -0.3 is 4.74 Å². The molecule has 38 heavy (non-hydrogen) atoms. The number of ether oxygens (including phenoxy) is 1. The van der Waals surface area contributed by atoms with Crippen molar-refractivity contribution in [3.05, 3.63) is 100 Å². The normalized spacial score (nSPS) is 12.7. The lowest BCUT2D eigenvalue weighted by Gasteiger charge is -2.33. The van der Waals surface area contributed by atoms with Gasteiger partial charge >= 0.3 is 12.3 Å². The summed E-state index contributed by atoms with van der Waals surface area (Å²) in [6.07, 6.45) is -6.00. The molecule has 0 aliphatic carbocycles. The van der Waals surface area contributed by atoms with Crippen molar-refractivity contribution in [1.29, 1.82) is 0 Å². The number of nitrogens with one attached hydrogen (secondary N) is 2. The Kier molecular flexibility index (Phi) is 8.09. The minimum atomic E-state index is -5.02. The van der Waals surface area contributed by atoms with E-state index in [-0.39, 0.29) is 11.6 Å².